The summed E-state index contributed by atoms with van der Waals surface area (Å²) in [5, 5.41) is 0. The molecule has 0 spiro atoms. The lowest BCUT2D eigenvalue weighted by Crippen LogP contribution is -2.10. The Morgan fingerprint density at radius 2 is 2.15 bits per heavy atom. The molecule has 0 radical (unpaired) electrons. The second kappa shape index (κ2) is 4.78. The van der Waals surface area contributed by atoms with Crippen molar-refractivity contribution in [3.63, 3.8) is 0 Å². The summed E-state index contributed by atoms with van der Waals surface area (Å²) in [7, 11) is 2.89. The summed E-state index contributed by atoms with van der Waals surface area (Å²) in [5.74, 6) is 0.525. The molecule has 1 aromatic carbocycles. The van der Waals surface area contributed by atoms with Crippen molar-refractivity contribution >= 4 is 11.5 Å². The van der Waals surface area contributed by atoms with Gasteiger partial charge in [0.05, 0.1) is 19.8 Å². The molecule has 1 aromatic rings. The third-order valence-electron chi connectivity index (χ3n) is 3.87. The van der Waals surface area contributed by atoms with E-state index in [1.165, 1.54) is 26.4 Å². The number of benzene rings is 1. The fraction of sp³-hybridized carbons (Fsp3) is 0.312. The Kier molecular flexibility index (Phi) is 3.08. The number of hydrogen-bond acceptors (Lipinski definition) is 3. The SMILES string of the molecule is COC(=O)C1=C(c2cc(F)ccc2OC)C2C[C@H]2C=C1. The molecule has 4 heteroatoms. The van der Waals surface area contributed by atoms with Crippen LogP contribution in [0.15, 0.2) is 35.9 Å². The van der Waals surface area contributed by atoms with Gasteiger partial charge >= 0.3 is 5.97 Å². The van der Waals surface area contributed by atoms with Crippen LogP contribution in [0, 0.1) is 17.7 Å². The first-order valence-electron chi connectivity index (χ1n) is 6.50. The van der Waals surface area contributed by atoms with Crippen molar-refractivity contribution in [1.82, 2.24) is 0 Å². The highest BCUT2D eigenvalue weighted by atomic mass is 19.1. The second-order valence-electron chi connectivity index (χ2n) is 5.03. The van der Waals surface area contributed by atoms with Gasteiger partial charge in [-0.2, -0.15) is 0 Å². The number of carbonyl (C=O) groups excluding carboxylic acids is 1. The molecule has 104 valence electrons. The zero-order valence-corrected chi connectivity index (χ0v) is 11.4. The first-order chi connectivity index (χ1) is 9.65. The van der Waals surface area contributed by atoms with Gasteiger partial charge < -0.3 is 9.47 Å². The average Bonchev–Trinajstić information content (AvgIpc) is 3.24. The summed E-state index contributed by atoms with van der Waals surface area (Å²) in [6, 6.07) is 4.36. The van der Waals surface area contributed by atoms with Crippen LogP contribution in [0.4, 0.5) is 4.39 Å². The van der Waals surface area contributed by atoms with Gasteiger partial charge in [0.1, 0.15) is 11.6 Å². The largest absolute Gasteiger partial charge is 0.496 e. The molecule has 3 rings (SSSR count). The van der Waals surface area contributed by atoms with Gasteiger partial charge in [0.15, 0.2) is 0 Å². The number of fused-ring (bicyclic) bond motifs is 1. The average molecular weight is 274 g/mol. The van der Waals surface area contributed by atoms with Crippen molar-refractivity contribution in [2.45, 2.75) is 6.42 Å². The molecule has 0 amide bonds. The quantitative estimate of drug-likeness (QED) is 0.795. The lowest BCUT2D eigenvalue weighted by atomic mass is 9.90. The Labute approximate surface area is 116 Å². The van der Waals surface area contributed by atoms with Crippen molar-refractivity contribution < 1.29 is 18.7 Å². The van der Waals surface area contributed by atoms with Gasteiger partial charge in [-0.1, -0.05) is 12.2 Å². The number of allylic oxidation sites excluding steroid dienone is 2. The van der Waals surface area contributed by atoms with E-state index in [0.717, 1.165) is 12.0 Å². The van der Waals surface area contributed by atoms with E-state index in [1.54, 1.807) is 12.1 Å². The highest BCUT2D eigenvalue weighted by Crippen LogP contribution is 2.54. The molecular weight excluding hydrogens is 259 g/mol. The van der Waals surface area contributed by atoms with E-state index in [-0.39, 0.29) is 11.7 Å². The first kappa shape index (κ1) is 12.9. The first-order valence-corrected chi connectivity index (χ1v) is 6.50. The van der Waals surface area contributed by atoms with Crippen LogP contribution < -0.4 is 4.74 Å². The van der Waals surface area contributed by atoms with Crippen LogP contribution in [-0.2, 0) is 9.53 Å². The molecule has 1 fully saturated rings. The molecule has 2 aliphatic rings. The van der Waals surface area contributed by atoms with Crippen molar-refractivity contribution in [3.05, 3.63) is 47.3 Å². The number of hydrogen-bond donors (Lipinski definition) is 0. The summed E-state index contributed by atoms with van der Waals surface area (Å²) in [6.45, 7) is 0. The Balaban J connectivity index is 2.19. The van der Waals surface area contributed by atoms with E-state index in [0.29, 0.717) is 22.8 Å². The minimum Gasteiger partial charge on any atom is -0.496 e. The van der Waals surface area contributed by atoms with Crippen LogP contribution >= 0.6 is 0 Å². The molecule has 0 N–H and O–H groups in total. The van der Waals surface area contributed by atoms with Crippen LogP contribution in [-0.4, -0.2) is 20.2 Å². The van der Waals surface area contributed by atoms with Gasteiger partial charge in [0.25, 0.3) is 0 Å². The fourth-order valence-electron chi connectivity index (χ4n) is 2.79. The standard InChI is InChI=1S/C16H15FO3/c1-19-14-6-4-10(17)8-13(14)15-11(16(18)20-2)5-3-9-7-12(9)15/h3-6,8-9,12H,7H2,1-2H3/t9-,12?/m1/s1. The summed E-state index contributed by atoms with van der Waals surface area (Å²) in [5.41, 5.74) is 1.97. The normalized spacial score (nSPS) is 23.4. The molecule has 0 aliphatic heterocycles. The predicted molar refractivity (Wildman–Crippen MR) is 72.6 cm³/mol. The van der Waals surface area contributed by atoms with E-state index in [1.807, 2.05) is 6.08 Å². The lowest BCUT2D eigenvalue weighted by Gasteiger charge is -2.17. The van der Waals surface area contributed by atoms with Crippen LogP contribution in [0.3, 0.4) is 0 Å². The number of rotatable bonds is 3. The molecule has 3 nitrogen and oxygen atoms in total. The summed E-state index contributed by atoms with van der Waals surface area (Å²) in [6.07, 6.45) is 4.78. The Bertz CT molecular complexity index is 631. The number of carbonyl (C=O) groups is 1. The van der Waals surface area contributed by atoms with E-state index in [2.05, 4.69) is 0 Å². The van der Waals surface area contributed by atoms with Gasteiger partial charge in [-0.25, -0.2) is 9.18 Å². The van der Waals surface area contributed by atoms with E-state index < -0.39 is 5.97 Å². The maximum Gasteiger partial charge on any atom is 0.338 e. The zero-order valence-electron chi connectivity index (χ0n) is 11.4. The van der Waals surface area contributed by atoms with Crippen molar-refractivity contribution in [3.8, 4) is 5.75 Å². The topological polar surface area (TPSA) is 35.5 Å². The minimum absolute atomic E-state index is 0.254. The smallest absolute Gasteiger partial charge is 0.338 e. The van der Waals surface area contributed by atoms with Crippen molar-refractivity contribution in [1.29, 1.82) is 0 Å². The van der Waals surface area contributed by atoms with Crippen LogP contribution in [0.1, 0.15) is 12.0 Å². The molecule has 2 atom stereocenters. The number of halogens is 1. The van der Waals surface area contributed by atoms with Crippen LogP contribution in [0.25, 0.3) is 5.57 Å². The minimum atomic E-state index is -0.395. The highest BCUT2D eigenvalue weighted by molar-refractivity contribution is 6.02. The molecule has 1 unspecified atom stereocenters. The van der Waals surface area contributed by atoms with E-state index in [4.69, 9.17) is 9.47 Å². The van der Waals surface area contributed by atoms with Gasteiger partial charge in [-0.3, -0.25) is 0 Å². The predicted octanol–water partition coefficient (Wildman–Crippen LogP) is 2.97. The highest BCUT2D eigenvalue weighted by Gasteiger charge is 2.43. The number of methoxy groups -OCH3 is 2. The second-order valence-corrected chi connectivity index (χ2v) is 5.03. The number of esters is 1. The van der Waals surface area contributed by atoms with Gasteiger partial charge in [-0.15, -0.1) is 0 Å². The van der Waals surface area contributed by atoms with Crippen LogP contribution in [0.2, 0.25) is 0 Å². The molecule has 0 saturated heterocycles. The molecule has 1 saturated carbocycles. The monoisotopic (exact) mass is 274 g/mol. The van der Waals surface area contributed by atoms with Gasteiger partial charge in [0, 0.05) is 5.56 Å². The van der Waals surface area contributed by atoms with Crippen molar-refractivity contribution in [2.24, 2.45) is 11.8 Å². The van der Waals surface area contributed by atoms with E-state index in [9.17, 15) is 9.18 Å². The summed E-state index contributed by atoms with van der Waals surface area (Å²) >= 11 is 0. The zero-order chi connectivity index (χ0) is 14.3. The number of ether oxygens (including phenoxy) is 2. The summed E-state index contributed by atoms with van der Waals surface area (Å²) < 4.78 is 23.7. The third kappa shape index (κ3) is 2.01. The third-order valence-corrected chi connectivity index (χ3v) is 3.87. The Morgan fingerprint density at radius 3 is 2.85 bits per heavy atom. The maximum absolute atomic E-state index is 13.6. The summed E-state index contributed by atoms with van der Waals surface area (Å²) in [4.78, 5) is 11.9. The molecule has 2 aliphatic carbocycles. The fourth-order valence-corrected chi connectivity index (χ4v) is 2.79. The molecular formula is C16H15FO3. The van der Waals surface area contributed by atoms with Gasteiger partial charge in [-0.05, 0) is 42.0 Å². The van der Waals surface area contributed by atoms with Crippen LogP contribution in [0.5, 0.6) is 5.75 Å². The maximum atomic E-state index is 13.6. The molecule has 0 bridgehead atoms. The van der Waals surface area contributed by atoms with E-state index >= 15 is 0 Å². The Hall–Kier alpha value is -2.10. The Morgan fingerprint density at radius 1 is 1.35 bits per heavy atom. The molecule has 20 heavy (non-hydrogen) atoms. The van der Waals surface area contributed by atoms with Gasteiger partial charge in [0.2, 0.25) is 0 Å². The van der Waals surface area contributed by atoms with Crippen molar-refractivity contribution in [2.75, 3.05) is 14.2 Å². The molecule has 0 heterocycles. The molecule has 0 aromatic heterocycles. The lowest BCUT2D eigenvalue weighted by molar-refractivity contribution is -0.135.